The average Bonchev–Trinajstić information content (AvgIpc) is 2.59. The third kappa shape index (κ3) is 3.65. The molecule has 5 heteroatoms. The van der Waals surface area contributed by atoms with Crippen molar-refractivity contribution >= 4 is 17.7 Å². The maximum atomic E-state index is 11.2. The van der Waals surface area contributed by atoms with E-state index >= 15 is 0 Å². The van der Waals surface area contributed by atoms with Crippen LogP contribution in [0.4, 0.5) is 4.79 Å². The van der Waals surface area contributed by atoms with Crippen molar-refractivity contribution < 1.29 is 14.6 Å². The smallest absolute Gasteiger partial charge is 0.405 e. The maximum absolute atomic E-state index is 11.2. The lowest BCUT2D eigenvalue weighted by Gasteiger charge is -2.40. The average molecular weight is 374 g/mol. The highest BCUT2D eigenvalue weighted by atomic mass is 35.5. The number of rotatable bonds is 4. The molecule has 26 heavy (non-hydrogen) atoms. The van der Waals surface area contributed by atoms with Crippen molar-refractivity contribution in [3.63, 3.8) is 0 Å². The Bertz CT molecular complexity index is 832. The van der Waals surface area contributed by atoms with Gasteiger partial charge >= 0.3 is 6.09 Å². The lowest BCUT2D eigenvalue weighted by Crippen LogP contribution is -2.40. The van der Waals surface area contributed by atoms with Gasteiger partial charge in [0.05, 0.1) is 17.7 Å². The van der Waals surface area contributed by atoms with Gasteiger partial charge in [-0.3, -0.25) is 0 Å². The van der Waals surface area contributed by atoms with E-state index in [4.69, 9.17) is 16.3 Å². The number of carbonyl (C=O) groups is 1. The first-order valence-corrected chi connectivity index (χ1v) is 9.24. The van der Waals surface area contributed by atoms with Crippen LogP contribution in [0.15, 0.2) is 36.4 Å². The minimum atomic E-state index is -0.988. The van der Waals surface area contributed by atoms with Crippen LogP contribution in [0.25, 0.3) is 11.1 Å². The van der Waals surface area contributed by atoms with Crippen LogP contribution in [0.5, 0.6) is 5.75 Å². The summed E-state index contributed by atoms with van der Waals surface area (Å²) in [5, 5.41) is 12.5. The fourth-order valence-electron chi connectivity index (χ4n) is 3.66. The van der Waals surface area contributed by atoms with Crippen LogP contribution < -0.4 is 10.1 Å². The summed E-state index contributed by atoms with van der Waals surface area (Å²) >= 11 is 6.32. The summed E-state index contributed by atoms with van der Waals surface area (Å²) in [6, 6.07) is 11.8. The molecule has 1 aliphatic carbocycles. The summed E-state index contributed by atoms with van der Waals surface area (Å²) in [6.07, 6.45) is 0.871. The Labute approximate surface area is 159 Å². The summed E-state index contributed by atoms with van der Waals surface area (Å²) in [5.74, 6) is 0.684. The number of nitrogens with one attached hydrogen (secondary N) is 1. The van der Waals surface area contributed by atoms with Crippen molar-refractivity contribution in [2.24, 2.45) is 5.41 Å². The molecule has 4 nitrogen and oxygen atoms in total. The Balaban J connectivity index is 1.96. The van der Waals surface area contributed by atoms with Crippen molar-refractivity contribution in [2.45, 2.75) is 39.7 Å². The largest absolute Gasteiger partial charge is 0.492 e. The number of aryl methyl sites for hydroxylation is 1. The first-order chi connectivity index (χ1) is 12.3. The molecule has 2 N–H and O–H groups in total. The van der Waals surface area contributed by atoms with E-state index < -0.39 is 6.09 Å². The number of amides is 1. The van der Waals surface area contributed by atoms with E-state index in [1.165, 1.54) is 5.56 Å². The number of fused-ring (bicyclic) bond motifs is 1. The van der Waals surface area contributed by atoms with Gasteiger partial charge in [-0.05, 0) is 59.6 Å². The Hall–Kier alpha value is -2.20. The zero-order valence-electron chi connectivity index (χ0n) is 15.3. The molecule has 1 amide bonds. The molecule has 2 aromatic carbocycles. The summed E-state index contributed by atoms with van der Waals surface area (Å²) in [4.78, 5) is 11.2. The van der Waals surface area contributed by atoms with Gasteiger partial charge in [0.1, 0.15) is 5.75 Å². The fraction of sp³-hybridized carbons (Fsp3) is 0.381. The molecule has 0 radical (unpaired) electrons. The second-order valence-corrected chi connectivity index (χ2v) is 7.77. The number of benzene rings is 2. The topological polar surface area (TPSA) is 58.6 Å². The minimum absolute atomic E-state index is 0.116. The first-order valence-electron chi connectivity index (χ1n) is 8.87. The van der Waals surface area contributed by atoms with E-state index in [0.29, 0.717) is 17.4 Å². The Kier molecular flexibility index (Phi) is 5.15. The summed E-state index contributed by atoms with van der Waals surface area (Å²) in [7, 11) is 0. The third-order valence-corrected chi connectivity index (χ3v) is 5.40. The molecular formula is C21H24ClNO3. The summed E-state index contributed by atoms with van der Waals surface area (Å²) < 4.78 is 5.50. The lowest BCUT2D eigenvalue weighted by molar-refractivity contribution is 0.161. The van der Waals surface area contributed by atoms with Crippen LogP contribution in [0.3, 0.4) is 0 Å². The molecule has 0 saturated heterocycles. The van der Waals surface area contributed by atoms with Crippen molar-refractivity contribution in [3.8, 4) is 16.9 Å². The highest BCUT2D eigenvalue weighted by Crippen LogP contribution is 2.44. The molecule has 3 rings (SSSR count). The van der Waals surface area contributed by atoms with Crippen LogP contribution in [-0.4, -0.2) is 17.8 Å². The first kappa shape index (κ1) is 18.6. The Morgan fingerprint density at radius 2 is 1.96 bits per heavy atom. The highest BCUT2D eigenvalue weighted by molar-refractivity contribution is 6.32. The van der Waals surface area contributed by atoms with E-state index in [9.17, 15) is 9.90 Å². The van der Waals surface area contributed by atoms with E-state index in [0.717, 1.165) is 29.5 Å². The molecule has 0 bridgehead atoms. The summed E-state index contributed by atoms with van der Waals surface area (Å²) in [5.41, 5.74) is 4.22. The molecular weight excluding hydrogens is 350 g/mol. The van der Waals surface area contributed by atoms with Crippen molar-refractivity contribution in [3.05, 3.63) is 52.5 Å². The van der Waals surface area contributed by atoms with E-state index in [-0.39, 0.29) is 11.5 Å². The van der Waals surface area contributed by atoms with Gasteiger partial charge in [-0.1, -0.05) is 49.7 Å². The molecule has 0 spiro atoms. The van der Waals surface area contributed by atoms with Crippen LogP contribution in [-0.2, 0) is 6.42 Å². The van der Waals surface area contributed by atoms with Gasteiger partial charge in [-0.2, -0.15) is 0 Å². The zero-order chi connectivity index (χ0) is 18.9. The minimum Gasteiger partial charge on any atom is -0.492 e. The molecule has 0 heterocycles. The van der Waals surface area contributed by atoms with Gasteiger partial charge in [0.25, 0.3) is 0 Å². The van der Waals surface area contributed by atoms with Gasteiger partial charge in [0, 0.05) is 0 Å². The molecule has 0 fully saturated rings. The molecule has 0 aromatic heterocycles. The van der Waals surface area contributed by atoms with Gasteiger partial charge < -0.3 is 15.2 Å². The lowest BCUT2D eigenvalue weighted by atomic mass is 9.70. The third-order valence-electron chi connectivity index (χ3n) is 5.11. The quantitative estimate of drug-likeness (QED) is 0.724. The number of hydrogen-bond donors (Lipinski definition) is 2. The second kappa shape index (κ2) is 7.20. The van der Waals surface area contributed by atoms with Crippen LogP contribution in [0.2, 0.25) is 5.02 Å². The highest BCUT2D eigenvalue weighted by Gasteiger charge is 2.37. The number of halogens is 1. The molecule has 0 saturated carbocycles. The second-order valence-electron chi connectivity index (χ2n) is 7.36. The van der Waals surface area contributed by atoms with Crippen LogP contribution in [0, 0.1) is 5.41 Å². The van der Waals surface area contributed by atoms with E-state index in [2.05, 4.69) is 25.2 Å². The van der Waals surface area contributed by atoms with Gasteiger partial charge in [-0.15, -0.1) is 0 Å². The molecule has 0 unspecified atom stereocenters. The van der Waals surface area contributed by atoms with Crippen molar-refractivity contribution in [1.29, 1.82) is 0 Å². The maximum Gasteiger partial charge on any atom is 0.405 e. The number of hydrogen-bond acceptors (Lipinski definition) is 2. The Morgan fingerprint density at radius 1 is 1.27 bits per heavy atom. The summed E-state index contributed by atoms with van der Waals surface area (Å²) in [6.45, 7) is 6.72. The van der Waals surface area contributed by atoms with Crippen molar-refractivity contribution in [2.75, 3.05) is 6.61 Å². The molecule has 1 atom stereocenters. The van der Waals surface area contributed by atoms with Crippen LogP contribution in [0.1, 0.15) is 44.4 Å². The normalized spacial score (nSPS) is 18.1. The zero-order valence-corrected chi connectivity index (χ0v) is 16.1. The van der Waals surface area contributed by atoms with Crippen molar-refractivity contribution in [1.82, 2.24) is 5.32 Å². The standard InChI is InChI=1S/C21H24ClNO3/c1-4-26-18-8-6-14(12-17(18)22)13-5-7-16-15(11-13)9-10-21(2,3)19(16)23-20(24)25/h5-8,11-12,19,23H,4,9-10H2,1-3H3,(H,24,25)/t19-/m1/s1. The van der Waals surface area contributed by atoms with Gasteiger partial charge in [0.15, 0.2) is 0 Å². The predicted molar refractivity (Wildman–Crippen MR) is 104 cm³/mol. The molecule has 138 valence electrons. The fourth-order valence-corrected chi connectivity index (χ4v) is 3.89. The molecule has 1 aliphatic rings. The van der Waals surface area contributed by atoms with E-state index in [1.807, 2.05) is 37.3 Å². The van der Waals surface area contributed by atoms with E-state index in [1.54, 1.807) is 0 Å². The van der Waals surface area contributed by atoms with Gasteiger partial charge in [-0.25, -0.2) is 4.79 Å². The number of carboxylic acid groups (broad SMARTS) is 1. The predicted octanol–water partition coefficient (Wildman–Crippen LogP) is 5.69. The SMILES string of the molecule is CCOc1ccc(-c2ccc3c(c2)CCC(C)(C)[C@@H]3NC(=O)O)cc1Cl. The Morgan fingerprint density at radius 3 is 2.62 bits per heavy atom. The monoisotopic (exact) mass is 373 g/mol. The van der Waals surface area contributed by atoms with Crippen LogP contribution >= 0.6 is 11.6 Å². The number of ether oxygens (including phenoxy) is 1. The molecule has 2 aromatic rings. The van der Waals surface area contributed by atoms with Gasteiger partial charge in [0.2, 0.25) is 0 Å². The molecule has 0 aliphatic heterocycles.